The summed E-state index contributed by atoms with van der Waals surface area (Å²) in [6.07, 6.45) is 3.49. The molecule has 0 atom stereocenters. The first kappa shape index (κ1) is 14.3. The van der Waals surface area contributed by atoms with Crippen molar-refractivity contribution in [3.63, 3.8) is 0 Å². The van der Waals surface area contributed by atoms with E-state index < -0.39 is 0 Å². The molecule has 0 bridgehead atoms. The average molecular weight is 364 g/mol. The smallest absolute Gasteiger partial charge is 0.193 e. The van der Waals surface area contributed by atoms with Gasteiger partial charge in [0.25, 0.3) is 0 Å². The predicted molar refractivity (Wildman–Crippen MR) is 87.6 cm³/mol. The number of ketones is 1. The van der Waals surface area contributed by atoms with Crippen LogP contribution in [-0.2, 0) is 6.42 Å². The van der Waals surface area contributed by atoms with Crippen molar-refractivity contribution in [2.75, 3.05) is 0 Å². The Morgan fingerprint density at radius 2 is 1.79 bits per heavy atom. The third-order valence-corrected chi connectivity index (χ3v) is 3.79. The highest BCUT2D eigenvalue weighted by Gasteiger charge is 2.08. The number of carbonyl (C=O) groups is 1. The van der Waals surface area contributed by atoms with Gasteiger partial charge in [-0.2, -0.15) is 0 Å². The molecule has 0 fully saturated rings. The molecule has 0 radical (unpaired) electrons. The van der Waals surface area contributed by atoms with Gasteiger partial charge in [-0.3, -0.25) is 4.79 Å². The zero-order valence-electron chi connectivity index (χ0n) is 11.0. The summed E-state index contributed by atoms with van der Waals surface area (Å²) >= 11 is 2.23. The molecule has 0 unspecified atom stereocenters. The highest BCUT2D eigenvalue weighted by Crippen LogP contribution is 2.14. The van der Waals surface area contributed by atoms with Crippen LogP contribution in [0, 0.1) is 3.57 Å². The van der Waals surface area contributed by atoms with Crippen LogP contribution in [-0.4, -0.2) is 5.78 Å². The van der Waals surface area contributed by atoms with Crippen molar-refractivity contribution in [3.05, 3.63) is 68.8 Å². The first-order chi connectivity index (χ1) is 9.20. The minimum atomic E-state index is 0.0977. The van der Waals surface area contributed by atoms with Crippen LogP contribution in [0.1, 0.15) is 41.3 Å². The van der Waals surface area contributed by atoms with E-state index in [1.54, 1.807) is 0 Å². The highest BCUT2D eigenvalue weighted by molar-refractivity contribution is 14.1. The Bertz CT molecular complexity index is 558. The second-order valence-electron chi connectivity index (χ2n) is 4.64. The monoisotopic (exact) mass is 364 g/mol. The van der Waals surface area contributed by atoms with Crippen LogP contribution in [0.25, 0.3) is 0 Å². The van der Waals surface area contributed by atoms with Gasteiger partial charge in [0.05, 0.1) is 0 Å². The maximum absolute atomic E-state index is 12.3. The van der Waals surface area contributed by atoms with E-state index in [-0.39, 0.29) is 5.78 Å². The molecule has 0 aliphatic heterocycles. The van der Waals surface area contributed by atoms with Crippen LogP contribution in [0.15, 0.2) is 48.5 Å². The molecule has 0 aliphatic carbocycles. The topological polar surface area (TPSA) is 17.1 Å². The molecule has 0 saturated heterocycles. The Balaban J connectivity index is 2.15. The summed E-state index contributed by atoms with van der Waals surface area (Å²) in [6.45, 7) is 2.19. The minimum absolute atomic E-state index is 0.0977. The van der Waals surface area contributed by atoms with Crippen molar-refractivity contribution in [2.24, 2.45) is 0 Å². The second-order valence-corrected chi connectivity index (χ2v) is 5.89. The van der Waals surface area contributed by atoms with E-state index in [4.69, 9.17) is 0 Å². The lowest BCUT2D eigenvalue weighted by Gasteiger charge is -2.04. The van der Waals surface area contributed by atoms with Crippen molar-refractivity contribution in [1.29, 1.82) is 0 Å². The zero-order chi connectivity index (χ0) is 13.7. The maximum Gasteiger partial charge on any atom is 0.193 e. The fourth-order valence-corrected chi connectivity index (χ4v) is 2.54. The summed E-state index contributed by atoms with van der Waals surface area (Å²) in [5.41, 5.74) is 2.83. The van der Waals surface area contributed by atoms with Crippen molar-refractivity contribution >= 4 is 28.4 Å². The van der Waals surface area contributed by atoms with Crippen LogP contribution in [0.5, 0.6) is 0 Å². The van der Waals surface area contributed by atoms with Gasteiger partial charge >= 0.3 is 0 Å². The van der Waals surface area contributed by atoms with Crippen molar-refractivity contribution < 1.29 is 4.79 Å². The number of hydrogen-bond acceptors (Lipinski definition) is 1. The fourth-order valence-electron chi connectivity index (χ4n) is 2.00. The van der Waals surface area contributed by atoms with Crippen LogP contribution < -0.4 is 0 Å². The summed E-state index contributed by atoms with van der Waals surface area (Å²) in [5.74, 6) is 0.0977. The highest BCUT2D eigenvalue weighted by atomic mass is 127. The number of halogens is 1. The number of benzene rings is 2. The molecule has 0 aliphatic rings. The van der Waals surface area contributed by atoms with Crippen LogP contribution in [0.3, 0.4) is 0 Å². The SMILES string of the molecule is CCCCc1ccc(C(=O)c2cccc(I)c2)cc1. The average Bonchev–Trinajstić information content (AvgIpc) is 2.45. The lowest BCUT2D eigenvalue weighted by atomic mass is 10.0. The minimum Gasteiger partial charge on any atom is -0.289 e. The molecule has 19 heavy (non-hydrogen) atoms. The van der Waals surface area contributed by atoms with E-state index >= 15 is 0 Å². The molecule has 2 aromatic rings. The summed E-state index contributed by atoms with van der Waals surface area (Å²) < 4.78 is 1.09. The Morgan fingerprint density at radius 1 is 1.05 bits per heavy atom. The van der Waals surface area contributed by atoms with Gasteiger partial charge in [-0.05, 0) is 53.1 Å². The van der Waals surface area contributed by atoms with Crippen LogP contribution in [0.4, 0.5) is 0 Å². The third kappa shape index (κ3) is 3.90. The first-order valence-electron chi connectivity index (χ1n) is 6.60. The molecular weight excluding hydrogens is 347 g/mol. The molecule has 98 valence electrons. The Kier molecular flexibility index (Phi) is 5.14. The van der Waals surface area contributed by atoms with Gasteiger partial charge in [-0.15, -0.1) is 0 Å². The zero-order valence-corrected chi connectivity index (χ0v) is 13.2. The Morgan fingerprint density at radius 3 is 2.42 bits per heavy atom. The molecule has 0 N–H and O–H groups in total. The van der Waals surface area contributed by atoms with E-state index in [0.29, 0.717) is 0 Å². The van der Waals surface area contributed by atoms with Crippen LogP contribution in [0.2, 0.25) is 0 Å². The molecule has 0 saturated carbocycles. The second kappa shape index (κ2) is 6.85. The number of hydrogen-bond donors (Lipinski definition) is 0. The fraction of sp³-hybridized carbons (Fsp3) is 0.235. The van der Waals surface area contributed by atoms with E-state index in [9.17, 15) is 4.79 Å². The van der Waals surface area contributed by atoms with E-state index in [1.807, 2.05) is 36.4 Å². The molecule has 0 heterocycles. The standard InChI is InChI=1S/C17H17IO/c1-2-3-5-13-8-10-14(11-9-13)17(19)15-6-4-7-16(18)12-15/h4,6-12H,2-3,5H2,1H3. The quantitative estimate of drug-likeness (QED) is 0.547. The lowest BCUT2D eigenvalue weighted by molar-refractivity contribution is 0.103. The van der Waals surface area contributed by atoms with Gasteiger partial charge in [0.1, 0.15) is 0 Å². The van der Waals surface area contributed by atoms with Crippen molar-refractivity contribution in [2.45, 2.75) is 26.2 Å². The van der Waals surface area contributed by atoms with Crippen LogP contribution >= 0.6 is 22.6 Å². The van der Waals surface area contributed by atoms with E-state index in [1.165, 1.54) is 18.4 Å². The molecule has 2 aromatic carbocycles. The van der Waals surface area contributed by atoms with Gasteiger partial charge in [-0.25, -0.2) is 0 Å². The normalized spacial score (nSPS) is 10.4. The van der Waals surface area contributed by atoms with Gasteiger partial charge in [0.15, 0.2) is 5.78 Å². The first-order valence-corrected chi connectivity index (χ1v) is 7.68. The lowest BCUT2D eigenvalue weighted by Crippen LogP contribution is -2.01. The summed E-state index contributed by atoms with van der Waals surface area (Å²) in [5, 5.41) is 0. The number of rotatable bonds is 5. The summed E-state index contributed by atoms with van der Waals surface area (Å²) in [4.78, 5) is 12.3. The molecular formula is C17H17IO. The molecule has 1 nitrogen and oxygen atoms in total. The Labute approximate surface area is 128 Å². The van der Waals surface area contributed by atoms with Crippen molar-refractivity contribution in [1.82, 2.24) is 0 Å². The van der Waals surface area contributed by atoms with E-state index in [0.717, 1.165) is 21.1 Å². The number of unbranched alkanes of at least 4 members (excludes halogenated alkanes) is 1. The van der Waals surface area contributed by atoms with Gasteiger partial charge in [0, 0.05) is 14.7 Å². The number of carbonyl (C=O) groups excluding carboxylic acids is 1. The summed E-state index contributed by atoms with van der Waals surface area (Å²) in [7, 11) is 0. The van der Waals surface area contributed by atoms with Gasteiger partial charge in [-0.1, -0.05) is 49.7 Å². The van der Waals surface area contributed by atoms with Gasteiger partial charge < -0.3 is 0 Å². The van der Waals surface area contributed by atoms with Gasteiger partial charge in [0.2, 0.25) is 0 Å². The molecule has 2 heteroatoms. The maximum atomic E-state index is 12.3. The summed E-state index contributed by atoms with van der Waals surface area (Å²) in [6, 6.07) is 15.7. The van der Waals surface area contributed by atoms with E-state index in [2.05, 4.69) is 41.6 Å². The molecule has 2 rings (SSSR count). The third-order valence-electron chi connectivity index (χ3n) is 3.12. The molecule has 0 aromatic heterocycles. The van der Waals surface area contributed by atoms with Crippen molar-refractivity contribution in [3.8, 4) is 0 Å². The predicted octanol–water partition coefficient (Wildman–Crippen LogP) is 4.86. The molecule has 0 spiro atoms. The number of aryl methyl sites for hydroxylation is 1. The Hall–Kier alpha value is -1.16. The molecule has 0 amide bonds. The largest absolute Gasteiger partial charge is 0.289 e.